The number of nitrogens with zero attached hydrogens (tertiary/aromatic N) is 1. The molecule has 1 atom stereocenters. The summed E-state index contributed by atoms with van der Waals surface area (Å²) in [6.45, 7) is 2.14. The molecule has 1 heterocycles. The molecule has 3 rings (SSSR count). The summed E-state index contributed by atoms with van der Waals surface area (Å²) in [5.41, 5.74) is 7.56. The molecule has 5 nitrogen and oxygen atoms in total. The Bertz CT molecular complexity index is 638. The zero-order valence-corrected chi connectivity index (χ0v) is 16.2. The maximum atomic E-state index is 12.9. The molecule has 0 aromatic heterocycles. The van der Waals surface area contributed by atoms with E-state index in [4.69, 9.17) is 10.5 Å². The van der Waals surface area contributed by atoms with Gasteiger partial charge in [0.15, 0.2) is 6.29 Å². The topological polar surface area (TPSA) is 70.8 Å². The van der Waals surface area contributed by atoms with E-state index in [0.717, 1.165) is 37.1 Å². The summed E-state index contributed by atoms with van der Waals surface area (Å²) in [4.78, 5) is 1.91. The molecule has 1 aromatic carbocycles. The maximum absolute atomic E-state index is 12.9. The fraction of sp³-hybridized carbons (Fsp3) is 0.700. The van der Waals surface area contributed by atoms with Crippen LogP contribution in [0.3, 0.4) is 0 Å². The van der Waals surface area contributed by atoms with E-state index in [1.165, 1.54) is 6.92 Å². The maximum Gasteiger partial charge on any atom is 0.391 e. The lowest BCUT2D eigenvalue weighted by Gasteiger charge is -2.35. The van der Waals surface area contributed by atoms with Gasteiger partial charge in [-0.25, -0.2) is 0 Å². The molecular formula is C20H30F3N3O2. The molecule has 28 heavy (non-hydrogen) atoms. The third-order valence-corrected chi connectivity index (χ3v) is 5.70. The molecule has 1 saturated heterocycles. The molecule has 1 saturated carbocycles. The standard InChI is InChI=1S/C20H30F3N3O2/c1-13(27)28-19-12-17(25-16-4-2-15(24)3-5-16)6-7-18(19)26-10-8-14(9-11-26)20(21,22)23/h6-7,12-16,25,27H,2-5,8-11,24H2,1H3. The highest BCUT2D eigenvalue weighted by molar-refractivity contribution is 5.65. The zero-order valence-electron chi connectivity index (χ0n) is 16.2. The van der Waals surface area contributed by atoms with E-state index in [1.54, 1.807) is 0 Å². The van der Waals surface area contributed by atoms with Crippen LogP contribution in [0.15, 0.2) is 18.2 Å². The van der Waals surface area contributed by atoms with E-state index in [1.807, 2.05) is 23.1 Å². The van der Waals surface area contributed by atoms with E-state index in [9.17, 15) is 18.3 Å². The molecule has 158 valence electrons. The number of aliphatic hydroxyl groups is 1. The van der Waals surface area contributed by atoms with Gasteiger partial charge in [0.1, 0.15) is 5.75 Å². The number of ether oxygens (including phenoxy) is 1. The number of halogens is 3. The number of piperidine rings is 1. The van der Waals surface area contributed by atoms with Crippen molar-refractivity contribution in [2.75, 3.05) is 23.3 Å². The monoisotopic (exact) mass is 401 g/mol. The summed E-state index contributed by atoms with van der Waals surface area (Å²) in [6, 6.07) is 6.23. The van der Waals surface area contributed by atoms with Crippen LogP contribution in [0.2, 0.25) is 0 Å². The van der Waals surface area contributed by atoms with Crippen LogP contribution in [0.4, 0.5) is 24.5 Å². The highest BCUT2D eigenvalue weighted by atomic mass is 19.4. The van der Waals surface area contributed by atoms with E-state index in [2.05, 4.69) is 5.32 Å². The van der Waals surface area contributed by atoms with Gasteiger partial charge in [0, 0.05) is 36.9 Å². The number of aliphatic hydroxyl groups excluding tert-OH is 1. The first-order valence-corrected chi connectivity index (χ1v) is 10.0. The SMILES string of the molecule is CC(O)Oc1cc(NC2CCC(N)CC2)ccc1N1CCC(C(F)(F)F)CC1. The van der Waals surface area contributed by atoms with Gasteiger partial charge in [-0.05, 0) is 57.6 Å². The van der Waals surface area contributed by atoms with Gasteiger partial charge in [-0.15, -0.1) is 0 Å². The third-order valence-electron chi connectivity index (χ3n) is 5.70. The van der Waals surface area contributed by atoms with Crippen molar-refractivity contribution in [3.05, 3.63) is 18.2 Å². The molecule has 1 aromatic rings. The van der Waals surface area contributed by atoms with E-state index in [-0.39, 0.29) is 18.9 Å². The Labute approximate surface area is 164 Å². The Morgan fingerprint density at radius 1 is 1.14 bits per heavy atom. The van der Waals surface area contributed by atoms with Crippen molar-refractivity contribution in [2.24, 2.45) is 11.7 Å². The van der Waals surface area contributed by atoms with Crippen LogP contribution in [0.1, 0.15) is 45.4 Å². The van der Waals surface area contributed by atoms with Gasteiger partial charge in [-0.2, -0.15) is 13.2 Å². The second-order valence-electron chi connectivity index (χ2n) is 7.96. The Morgan fingerprint density at radius 2 is 1.79 bits per heavy atom. The molecule has 4 N–H and O–H groups in total. The fourth-order valence-electron chi connectivity index (χ4n) is 4.09. The van der Waals surface area contributed by atoms with Gasteiger partial charge in [-0.1, -0.05) is 0 Å². The second kappa shape index (κ2) is 8.78. The Morgan fingerprint density at radius 3 is 2.36 bits per heavy atom. The first-order chi connectivity index (χ1) is 13.2. The van der Waals surface area contributed by atoms with Crippen LogP contribution >= 0.6 is 0 Å². The van der Waals surface area contributed by atoms with Crippen molar-refractivity contribution in [3.63, 3.8) is 0 Å². The van der Waals surface area contributed by atoms with Crippen LogP contribution in [0.5, 0.6) is 5.75 Å². The number of hydrogen-bond donors (Lipinski definition) is 3. The molecule has 0 amide bonds. The minimum absolute atomic E-state index is 0.0694. The minimum Gasteiger partial charge on any atom is -0.463 e. The Balaban J connectivity index is 1.70. The molecule has 0 spiro atoms. The zero-order chi connectivity index (χ0) is 20.3. The summed E-state index contributed by atoms with van der Waals surface area (Å²) < 4.78 is 44.4. The predicted octanol–water partition coefficient (Wildman–Crippen LogP) is 3.86. The average molecular weight is 401 g/mol. The summed E-state index contributed by atoms with van der Waals surface area (Å²) in [7, 11) is 0. The van der Waals surface area contributed by atoms with Crippen molar-refractivity contribution >= 4 is 11.4 Å². The smallest absolute Gasteiger partial charge is 0.391 e. The van der Waals surface area contributed by atoms with Gasteiger partial charge in [0.25, 0.3) is 0 Å². The molecule has 1 aliphatic carbocycles. The molecular weight excluding hydrogens is 371 g/mol. The van der Waals surface area contributed by atoms with Gasteiger partial charge in [0.2, 0.25) is 0 Å². The van der Waals surface area contributed by atoms with Crippen LogP contribution in [0, 0.1) is 5.92 Å². The highest BCUT2D eigenvalue weighted by Gasteiger charge is 2.41. The summed E-state index contributed by atoms with van der Waals surface area (Å²) in [6.07, 6.45) is -1.03. The average Bonchev–Trinajstić information content (AvgIpc) is 2.63. The number of benzene rings is 1. The minimum atomic E-state index is -4.14. The molecule has 8 heteroatoms. The largest absolute Gasteiger partial charge is 0.463 e. The van der Waals surface area contributed by atoms with Gasteiger partial charge in [-0.3, -0.25) is 0 Å². The lowest BCUT2D eigenvalue weighted by Crippen LogP contribution is -2.39. The van der Waals surface area contributed by atoms with E-state index in [0.29, 0.717) is 24.9 Å². The van der Waals surface area contributed by atoms with Crippen molar-refractivity contribution in [2.45, 2.75) is 70.0 Å². The number of anilines is 2. The van der Waals surface area contributed by atoms with Crippen LogP contribution in [-0.2, 0) is 0 Å². The number of nitrogens with two attached hydrogens (primary N) is 1. The number of alkyl halides is 3. The lowest BCUT2D eigenvalue weighted by molar-refractivity contribution is -0.179. The number of hydrogen-bond acceptors (Lipinski definition) is 5. The molecule has 2 aliphatic rings. The van der Waals surface area contributed by atoms with E-state index >= 15 is 0 Å². The summed E-state index contributed by atoms with van der Waals surface area (Å²) >= 11 is 0. The van der Waals surface area contributed by atoms with Gasteiger partial charge >= 0.3 is 6.18 Å². The second-order valence-corrected chi connectivity index (χ2v) is 7.96. The van der Waals surface area contributed by atoms with Crippen LogP contribution in [-0.4, -0.2) is 42.7 Å². The first kappa shape index (κ1) is 21.0. The van der Waals surface area contributed by atoms with Gasteiger partial charge in [0.05, 0.1) is 11.6 Å². The van der Waals surface area contributed by atoms with Crippen molar-refractivity contribution < 1.29 is 23.0 Å². The Hall–Kier alpha value is -1.67. The molecule has 2 fully saturated rings. The summed E-state index contributed by atoms with van der Waals surface area (Å²) in [5, 5.41) is 13.2. The Kier molecular flexibility index (Phi) is 6.60. The van der Waals surface area contributed by atoms with Crippen molar-refractivity contribution in [3.8, 4) is 5.75 Å². The van der Waals surface area contributed by atoms with Gasteiger partial charge < -0.3 is 25.8 Å². The summed E-state index contributed by atoms with van der Waals surface area (Å²) in [5.74, 6) is -0.763. The normalized spacial score (nSPS) is 25.4. The van der Waals surface area contributed by atoms with Crippen molar-refractivity contribution in [1.29, 1.82) is 0 Å². The molecule has 1 unspecified atom stereocenters. The highest BCUT2D eigenvalue weighted by Crippen LogP contribution is 2.39. The lowest BCUT2D eigenvalue weighted by atomic mass is 9.91. The van der Waals surface area contributed by atoms with Crippen LogP contribution < -0.4 is 20.7 Å². The number of nitrogens with one attached hydrogen (secondary N) is 1. The van der Waals surface area contributed by atoms with Crippen LogP contribution in [0.25, 0.3) is 0 Å². The van der Waals surface area contributed by atoms with E-state index < -0.39 is 18.4 Å². The fourth-order valence-corrected chi connectivity index (χ4v) is 4.09. The molecule has 0 bridgehead atoms. The molecule has 1 aliphatic heterocycles. The van der Waals surface area contributed by atoms with Crippen molar-refractivity contribution in [1.82, 2.24) is 0 Å². The first-order valence-electron chi connectivity index (χ1n) is 10.0. The predicted molar refractivity (Wildman–Crippen MR) is 104 cm³/mol. The molecule has 0 radical (unpaired) electrons. The quantitative estimate of drug-likeness (QED) is 0.654. The third kappa shape index (κ3) is 5.44. The number of rotatable bonds is 5.